The fourth-order valence-electron chi connectivity index (χ4n) is 3.22. The van der Waals surface area contributed by atoms with E-state index in [4.69, 9.17) is 11.6 Å². The number of rotatable bonds is 5. The van der Waals surface area contributed by atoms with Gasteiger partial charge in [0, 0.05) is 22.7 Å². The second kappa shape index (κ2) is 8.36. The summed E-state index contributed by atoms with van der Waals surface area (Å²) in [5.41, 5.74) is -1.63. The predicted octanol–water partition coefficient (Wildman–Crippen LogP) is 4.58. The minimum atomic E-state index is -4.62. The lowest BCUT2D eigenvalue weighted by atomic mass is 10.0. The number of carbonyl (C=O) groups is 1. The number of nitrogens with one attached hydrogen (secondary N) is 1. The Balaban J connectivity index is 1.90. The van der Waals surface area contributed by atoms with E-state index in [2.05, 4.69) is 5.32 Å². The van der Waals surface area contributed by atoms with E-state index in [0.717, 1.165) is 12.1 Å². The van der Waals surface area contributed by atoms with Gasteiger partial charge in [0.2, 0.25) is 5.91 Å². The Kier molecular flexibility index (Phi) is 6.16. The van der Waals surface area contributed by atoms with Gasteiger partial charge < -0.3 is 15.0 Å². The highest BCUT2D eigenvalue weighted by atomic mass is 35.5. The van der Waals surface area contributed by atoms with E-state index in [9.17, 15) is 27.9 Å². The number of anilines is 1. The SMILES string of the molecule is CC(C)(CO)n1ccc2c(NC(=O)Cc3ccc(Cl)c(C(F)(F)F)c3)cccc2c1=O. The van der Waals surface area contributed by atoms with Crippen molar-refractivity contribution >= 4 is 34.0 Å². The van der Waals surface area contributed by atoms with Gasteiger partial charge in [-0.25, -0.2) is 0 Å². The predicted molar refractivity (Wildman–Crippen MR) is 113 cm³/mol. The normalized spacial score (nSPS) is 12.2. The van der Waals surface area contributed by atoms with Gasteiger partial charge >= 0.3 is 6.18 Å². The molecule has 0 saturated carbocycles. The van der Waals surface area contributed by atoms with Gasteiger partial charge in [0.25, 0.3) is 5.56 Å². The highest BCUT2D eigenvalue weighted by molar-refractivity contribution is 6.31. The van der Waals surface area contributed by atoms with Crippen molar-refractivity contribution in [3.63, 3.8) is 0 Å². The number of alkyl halides is 3. The molecule has 1 heterocycles. The van der Waals surface area contributed by atoms with Crippen LogP contribution in [0.25, 0.3) is 10.8 Å². The van der Waals surface area contributed by atoms with Gasteiger partial charge in [-0.05, 0) is 49.7 Å². The molecular formula is C22H20ClF3N2O3. The number of halogens is 4. The average molecular weight is 453 g/mol. The molecule has 1 amide bonds. The maximum atomic E-state index is 13.0. The Bertz CT molecular complexity index is 1200. The van der Waals surface area contributed by atoms with Crippen LogP contribution in [0.3, 0.4) is 0 Å². The van der Waals surface area contributed by atoms with E-state index < -0.39 is 28.2 Å². The van der Waals surface area contributed by atoms with Crippen LogP contribution in [0.5, 0.6) is 0 Å². The smallest absolute Gasteiger partial charge is 0.394 e. The maximum absolute atomic E-state index is 13.0. The van der Waals surface area contributed by atoms with Gasteiger partial charge in [-0.15, -0.1) is 0 Å². The van der Waals surface area contributed by atoms with Crippen molar-refractivity contribution in [1.29, 1.82) is 0 Å². The van der Waals surface area contributed by atoms with Crippen LogP contribution in [-0.4, -0.2) is 22.2 Å². The lowest BCUT2D eigenvalue weighted by molar-refractivity contribution is -0.137. The first-order valence-corrected chi connectivity index (χ1v) is 9.73. The maximum Gasteiger partial charge on any atom is 0.417 e. The fourth-order valence-corrected chi connectivity index (χ4v) is 3.44. The molecule has 0 radical (unpaired) electrons. The highest BCUT2D eigenvalue weighted by Gasteiger charge is 2.33. The number of aliphatic hydroxyl groups excluding tert-OH is 1. The molecule has 31 heavy (non-hydrogen) atoms. The van der Waals surface area contributed by atoms with E-state index in [1.807, 2.05) is 0 Å². The third-order valence-corrected chi connectivity index (χ3v) is 5.29. The van der Waals surface area contributed by atoms with Crippen molar-refractivity contribution in [3.05, 3.63) is 75.2 Å². The molecular weight excluding hydrogens is 433 g/mol. The lowest BCUT2D eigenvalue weighted by Crippen LogP contribution is -2.38. The Hall–Kier alpha value is -2.84. The molecule has 0 spiro atoms. The Morgan fingerprint density at radius 2 is 1.84 bits per heavy atom. The van der Waals surface area contributed by atoms with E-state index in [1.54, 1.807) is 38.1 Å². The number of fused-ring (bicyclic) bond motifs is 1. The second-order valence-electron chi connectivity index (χ2n) is 7.77. The fraction of sp³-hybridized carbons (Fsp3) is 0.273. The van der Waals surface area contributed by atoms with Crippen LogP contribution in [-0.2, 0) is 22.9 Å². The molecule has 0 unspecified atom stereocenters. The first-order chi connectivity index (χ1) is 14.4. The molecule has 1 aromatic heterocycles. The summed E-state index contributed by atoms with van der Waals surface area (Å²) in [7, 11) is 0. The molecule has 0 aliphatic rings. The average Bonchev–Trinajstić information content (AvgIpc) is 2.69. The van der Waals surface area contributed by atoms with Gasteiger partial charge in [0.05, 0.1) is 29.2 Å². The van der Waals surface area contributed by atoms with Crippen molar-refractivity contribution in [2.75, 3.05) is 11.9 Å². The molecule has 0 aliphatic heterocycles. The number of nitrogens with zero attached hydrogens (tertiary/aromatic N) is 1. The molecule has 9 heteroatoms. The molecule has 0 fully saturated rings. The Labute approximate surface area is 181 Å². The quantitative estimate of drug-likeness (QED) is 0.595. The van der Waals surface area contributed by atoms with Crippen LogP contribution < -0.4 is 10.9 Å². The van der Waals surface area contributed by atoms with E-state index in [1.165, 1.54) is 16.8 Å². The number of hydrogen-bond acceptors (Lipinski definition) is 3. The van der Waals surface area contributed by atoms with Crippen LogP contribution in [0.4, 0.5) is 18.9 Å². The van der Waals surface area contributed by atoms with Gasteiger partial charge in [0.1, 0.15) is 0 Å². The molecule has 3 rings (SSSR count). The standard InChI is InChI=1S/C22H20ClF3N2O3/c1-21(2,12-29)28-9-8-14-15(20(28)31)4-3-5-18(14)27-19(30)11-13-6-7-17(23)16(10-13)22(24,25)26/h3-10,29H,11-12H2,1-2H3,(H,27,30). The molecule has 164 valence electrons. The van der Waals surface area contributed by atoms with Crippen LogP contribution >= 0.6 is 11.6 Å². The number of benzene rings is 2. The number of aromatic nitrogens is 1. The van der Waals surface area contributed by atoms with Crippen LogP contribution in [0.2, 0.25) is 5.02 Å². The molecule has 2 aromatic carbocycles. The minimum absolute atomic E-state index is 0.154. The summed E-state index contributed by atoms with van der Waals surface area (Å²) in [6.45, 7) is 3.19. The molecule has 0 aliphatic carbocycles. The van der Waals surface area contributed by atoms with E-state index in [-0.39, 0.29) is 24.2 Å². The zero-order valence-electron chi connectivity index (χ0n) is 16.8. The number of amides is 1. The van der Waals surface area contributed by atoms with Gasteiger partial charge in [-0.2, -0.15) is 13.2 Å². The third kappa shape index (κ3) is 4.75. The third-order valence-electron chi connectivity index (χ3n) is 4.96. The minimum Gasteiger partial charge on any atom is -0.394 e. The zero-order valence-corrected chi connectivity index (χ0v) is 17.5. The van der Waals surface area contributed by atoms with Crippen LogP contribution in [0.15, 0.2) is 53.5 Å². The molecule has 0 atom stereocenters. The molecule has 5 nitrogen and oxygen atoms in total. The summed E-state index contributed by atoms with van der Waals surface area (Å²) in [6, 6.07) is 9.76. The summed E-state index contributed by atoms with van der Waals surface area (Å²) in [5, 5.41) is 12.6. The van der Waals surface area contributed by atoms with Crippen LogP contribution in [0.1, 0.15) is 25.0 Å². The molecule has 3 aromatic rings. The first-order valence-electron chi connectivity index (χ1n) is 9.35. The number of carbonyl (C=O) groups excluding carboxylic acids is 1. The van der Waals surface area contributed by atoms with Gasteiger partial charge in [-0.3, -0.25) is 9.59 Å². The highest BCUT2D eigenvalue weighted by Crippen LogP contribution is 2.35. The zero-order chi connectivity index (χ0) is 23.0. The van der Waals surface area contributed by atoms with Crippen molar-refractivity contribution in [2.24, 2.45) is 0 Å². The number of aliphatic hydroxyl groups is 1. The van der Waals surface area contributed by atoms with Gasteiger partial charge in [-0.1, -0.05) is 23.7 Å². The summed E-state index contributed by atoms with van der Waals surface area (Å²) >= 11 is 5.61. The summed E-state index contributed by atoms with van der Waals surface area (Å²) in [5.74, 6) is -0.539. The number of hydrogen-bond donors (Lipinski definition) is 2. The molecule has 0 bridgehead atoms. The van der Waals surface area contributed by atoms with Crippen molar-refractivity contribution < 1.29 is 23.1 Å². The summed E-state index contributed by atoms with van der Waals surface area (Å²) in [6.07, 6.45) is -3.39. The number of pyridine rings is 1. The van der Waals surface area contributed by atoms with Crippen LogP contribution in [0, 0.1) is 0 Å². The van der Waals surface area contributed by atoms with Crippen molar-refractivity contribution in [3.8, 4) is 0 Å². The topological polar surface area (TPSA) is 71.3 Å². The second-order valence-corrected chi connectivity index (χ2v) is 8.17. The Morgan fingerprint density at radius 1 is 1.13 bits per heavy atom. The van der Waals surface area contributed by atoms with E-state index in [0.29, 0.717) is 16.5 Å². The summed E-state index contributed by atoms with van der Waals surface area (Å²) in [4.78, 5) is 25.3. The van der Waals surface area contributed by atoms with Gasteiger partial charge in [0.15, 0.2) is 0 Å². The molecule has 0 saturated heterocycles. The monoisotopic (exact) mass is 452 g/mol. The Morgan fingerprint density at radius 3 is 2.48 bits per heavy atom. The first kappa shape index (κ1) is 22.8. The lowest BCUT2D eigenvalue weighted by Gasteiger charge is -2.25. The largest absolute Gasteiger partial charge is 0.417 e. The van der Waals surface area contributed by atoms with Crippen molar-refractivity contribution in [2.45, 2.75) is 32.0 Å². The summed E-state index contributed by atoms with van der Waals surface area (Å²) < 4.78 is 40.5. The molecule has 2 N–H and O–H groups in total. The van der Waals surface area contributed by atoms with Crippen molar-refractivity contribution in [1.82, 2.24) is 4.57 Å². The van der Waals surface area contributed by atoms with E-state index >= 15 is 0 Å².